The van der Waals surface area contributed by atoms with Crippen LogP contribution in [0.5, 0.6) is 0 Å². The SMILES string of the molecule is O=C(N1CCN(Cc2ccccc2F)CC(O)C1)C1(CO)CC1. The lowest BCUT2D eigenvalue weighted by Crippen LogP contribution is -2.43. The van der Waals surface area contributed by atoms with Crippen LogP contribution in [-0.4, -0.2) is 64.8 Å². The minimum absolute atomic E-state index is 0.0632. The highest BCUT2D eigenvalue weighted by Gasteiger charge is 2.51. The third-order valence-corrected chi connectivity index (χ3v) is 4.84. The van der Waals surface area contributed by atoms with Crippen LogP contribution in [0.1, 0.15) is 18.4 Å². The summed E-state index contributed by atoms with van der Waals surface area (Å²) < 4.78 is 13.8. The van der Waals surface area contributed by atoms with Gasteiger partial charge in [-0.3, -0.25) is 9.69 Å². The van der Waals surface area contributed by atoms with E-state index in [0.29, 0.717) is 44.6 Å². The fourth-order valence-corrected chi connectivity index (χ4v) is 3.18. The summed E-state index contributed by atoms with van der Waals surface area (Å²) in [4.78, 5) is 16.1. The predicted molar refractivity (Wildman–Crippen MR) is 83.0 cm³/mol. The van der Waals surface area contributed by atoms with E-state index < -0.39 is 11.5 Å². The van der Waals surface area contributed by atoms with E-state index in [0.717, 1.165) is 0 Å². The van der Waals surface area contributed by atoms with Gasteiger partial charge in [-0.2, -0.15) is 0 Å². The maximum Gasteiger partial charge on any atom is 0.231 e. The zero-order valence-corrected chi connectivity index (χ0v) is 13.1. The van der Waals surface area contributed by atoms with Crippen LogP contribution >= 0.6 is 0 Å². The summed E-state index contributed by atoms with van der Waals surface area (Å²) in [6.07, 6.45) is 0.768. The van der Waals surface area contributed by atoms with Gasteiger partial charge in [-0.05, 0) is 18.9 Å². The summed E-state index contributed by atoms with van der Waals surface area (Å²) in [5.41, 5.74) is -0.0195. The number of amides is 1. The van der Waals surface area contributed by atoms with Crippen molar-refractivity contribution in [2.45, 2.75) is 25.5 Å². The van der Waals surface area contributed by atoms with Gasteiger partial charge in [0.05, 0.1) is 18.1 Å². The molecule has 1 aliphatic carbocycles. The van der Waals surface area contributed by atoms with Gasteiger partial charge < -0.3 is 15.1 Å². The standard InChI is InChI=1S/C17H23FN2O3/c18-15-4-2-1-3-13(15)9-19-7-8-20(11-14(22)10-19)16(23)17(12-21)5-6-17/h1-4,14,21-22H,5-12H2. The Morgan fingerprint density at radius 1 is 1.26 bits per heavy atom. The quantitative estimate of drug-likeness (QED) is 0.852. The number of carbonyl (C=O) groups excluding carboxylic acids is 1. The van der Waals surface area contributed by atoms with Crippen LogP contribution in [0.3, 0.4) is 0 Å². The Hall–Kier alpha value is -1.50. The molecule has 1 saturated carbocycles. The third-order valence-electron chi connectivity index (χ3n) is 4.84. The number of carbonyl (C=O) groups is 1. The maximum atomic E-state index is 13.8. The molecule has 2 aliphatic rings. The number of halogens is 1. The van der Waals surface area contributed by atoms with Gasteiger partial charge in [-0.25, -0.2) is 4.39 Å². The van der Waals surface area contributed by atoms with Crippen LogP contribution in [0.15, 0.2) is 24.3 Å². The second kappa shape index (κ2) is 6.55. The van der Waals surface area contributed by atoms with Crippen molar-refractivity contribution >= 4 is 5.91 Å². The van der Waals surface area contributed by atoms with E-state index in [-0.39, 0.29) is 24.9 Å². The Morgan fingerprint density at radius 2 is 2.00 bits per heavy atom. The number of β-amino-alcohol motifs (C(OH)–C–C–N with tert-alkyl or cyclic N) is 1. The highest BCUT2D eigenvalue weighted by Crippen LogP contribution is 2.46. The molecule has 0 spiro atoms. The van der Waals surface area contributed by atoms with Gasteiger partial charge in [-0.15, -0.1) is 0 Å². The molecule has 6 heteroatoms. The largest absolute Gasteiger partial charge is 0.395 e. The molecule has 1 unspecified atom stereocenters. The molecule has 1 saturated heterocycles. The summed E-state index contributed by atoms with van der Waals surface area (Å²) in [6, 6.07) is 6.61. The molecular weight excluding hydrogens is 299 g/mol. The van der Waals surface area contributed by atoms with Gasteiger partial charge in [0.2, 0.25) is 5.91 Å². The molecule has 1 aromatic rings. The summed E-state index contributed by atoms with van der Waals surface area (Å²) in [5.74, 6) is -0.317. The first-order valence-electron chi connectivity index (χ1n) is 8.08. The number of nitrogens with zero attached hydrogens (tertiary/aromatic N) is 2. The first-order valence-corrected chi connectivity index (χ1v) is 8.08. The van der Waals surface area contributed by atoms with Crippen LogP contribution < -0.4 is 0 Å². The molecule has 126 valence electrons. The highest BCUT2D eigenvalue weighted by molar-refractivity contribution is 5.85. The van der Waals surface area contributed by atoms with Crippen LogP contribution in [0, 0.1) is 11.2 Å². The van der Waals surface area contributed by atoms with Crippen LogP contribution in [-0.2, 0) is 11.3 Å². The van der Waals surface area contributed by atoms with Gasteiger partial charge in [0.25, 0.3) is 0 Å². The average molecular weight is 322 g/mol. The van der Waals surface area contributed by atoms with Crippen molar-refractivity contribution in [1.82, 2.24) is 9.80 Å². The Kier molecular flexibility index (Phi) is 4.66. The van der Waals surface area contributed by atoms with E-state index in [2.05, 4.69) is 0 Å². The van der Waals surface area contributed by atoms with E-state index >= 15 is 0 Å². The molecule has 1 aliphatic heterocycles. The number of aliphatic hydroxyl groups is 2. The van der Waals surface area contributed by atoms with E-state index in [4.69, 9.17) is 0 Å². The van der Waals surface area contributed by atoms with Crippen molar-refractivity contribution in [2.75, 3.05) is 32.8 Å². The van der Waals surface area contributed by atoms with Crippen LogP contribution in [0.25, 0.3) is 0 Å². The molecule has 5 nitrogen and oxygen atoms in total. The van der Waals surface area contributed by atoms with Crippen molar-refractivity contribution < 1.29 is 19.4 Å². The Balaban J connectivity index is 1.64. The van der Waals surface area contributed by atoms with Crippen molar-refractivity contribution in [3.63, 3.8) is 0 Å². The van der Waals surface area contributed by atoms with Crippen LogP contribution in [0.4, 0.5) is 4.39 Å². The van der Waals surface area contributed by atoms with Gasteiger partial charge >= 0.3 is 0 Å². The van der Waals surface area contributed by atoms with Crippen LogP contribution in [0.2, 0.25) is 0 Å². The number of aliphatic hydroxyl groups excluding tert-OH is 2. The summed E-state index contributed by atoms with van der Waals surface area (Å²) in [5, 5.41) is 19.6. The van der Waals surface area contributed by atoms with Gasteiger partial charge in [0, 0.05) is 38.3 Å². The average Bonchev–Trinajstić information content (AvgIpc) is 3.34. The third kappa shape index (κ3) is 3.54. The van der Waals surface area contributed by atoms with Crippen molar-refractivity contribution in [3.8, 4) is 0 Å². The Bertz CT molecular complexity index is 577. The lowest BCUT2D eigenvalue weighted by atomic mass is 10.1. The van der Waals surface area contributed by atoms with E-state index in [1.54, 1.807) is 23.1 Å². The maximum absolute atomic E-state index is 13.8. The smallest absolute Gasteiger partial charge is 0.231 e. The molecule has 0 bridgehead atoms. The van der Waals surface area contributed by atoms with Crippen molar-refractivity contribution in [1.29, 1.82) is 0 Å². The van der Waals surface area contributed by atoms with Crippen molar-refractivity contribution in [3.05, 3.63) is 35.6 Å². The lowest BCUT2D eigenvalue weighted by molar-refractivity contribution is -0.139. The normalized spacial score (nSPS) is 24.3. The van der Waals surface area contributed by atoms with E-state index in [1.165, 1.54) is 6.07 Å². The second-order valence-corrected chi connectivity index (χ2v) is 6.67. The van der Waals surface area contributed by atoms with Crippen molar-refractivity contribution in [2.24, 2.45) is 5.41 Å². The molecular formula is C17H23FN2O3. The fourth-order valence-electron chi connectivity index (χ4n) is 3.18. The highest BCUT2D eigenvalue weighted by atomic mass is 19.1. The summed E-state index contributed by atoms with van der Waals surface area (Å²) in [7, 11) is 0. The summed E-state index contributed by atoms with van der Waals surface area (Å²) in [6.45, 7) is 2.04. The number of benzene rings is 1. The van der Waals surface area contributed by atoms with Gasteiger partial charge in [-0.1, -0.05) is 18.2 Å². The minimum atomic E-state index is -0.664. The molecule has 0 aromatic heterocycles. The topological polar surface area (TPSA) is 64.0 Å². The zero-order valence-electron chi connectivity index (χ0n) is 13.1. The minimum Gasteiger partial charge on any atom is -0.395 e. The first-order chi connectivity index (χ1) is 11.0. The molecule has 23 heavy (non-hydrogen) atoms. The first kappa shape index (κ1) is 16.4. The predicted octanol–water partition coefficient (Wildman–Crippen LogP) is 0.603. The van der Waals surface area contributed by atoms with E-state index in [1.807, 2.05) is 4.90 Å². The number of hydrogen-bond acceptors (Lipinski definition) is 4. The Morgan fingerprint density at radius 3 is 2.65 bits per heavy atom. The lowest BCUT2D eigenvalue weighted by Gasteiger charge is -2.26. The Labute approximate surface area is 135 Å². The summed E-state index contributed by atoms with van der Waals surface area (Å²) >= 11 is 0. The molecule has 2 fully saturated rings. The van der Waals surface area contributed by atoms with Gasteiger partial charge in [0.1, 0.15) is 5.82 Å². The zero-order chi connectivity index (χ0) is 16.4. The van der Waals surface area contributed by atoms with Gasteiger partial charge in [0.15, 0.2) is 0 Å². The molecule has 3 rings (SSSR count). The number of rotatable bonds is 4. The molecule has 1 aromatic carbocycles. The monoisotopic (exact) mass is 322 g/mol. The number of hydrogen-bond donors (Lipinski definition) is 2. The molecule has 1 amide bonds. The molecule has 0 radical (unpaired) electrons. The molecule has 1 heterocycles. The molecule has 1 atom stereocenters. The van der Waals surface area contributed by atoms with E-state index in [9.17, 15) is 19.4 Å². The second-order valence-electron chi connectivity index (χ2n) is 6.67. The molecule has 2 N–H and O–H groups in total. The fraction of sp³-hybridized carbons (Fsp3) is 0.588.